The molecule has 3 aromatic rings. The molecule has 0 saturated heterocycles. The number of H-pyrrole nitrogens is 2. The lowest BCUT2D eigenvalue weighted by Gasteiger charge is -2.28. The standard InChI is InChI=1S/C22H20N4O7/c1-4-8-25-19(28)15(17(27)23-21(25)30)14-12-10-11(32-3)6-7-13(12)33-18-16(14)20(29)26(9-5-2)22(31)24-18/h4-7,10,14,28H,1-2,8-9H2,3H3,(H,24,31)(H,23,27,30)/t14-/m0/s1. The second-order valence-electron chi connectivity index (χ2n) is 7.21. The van der Waals surface area contributed by atoms with Crippen LogP contribution in [0.1, 0.15) is 22.6 Å². The van der Waals surface area contributed by atoms with E-state index in [1.165, 1.54) is 19.3 Å². The van der Waals surface area contributed by atoms with Crippen LogP contribution in [0.2, 0.25) is 0 Å². The van der Waals surface area contributed by atoms with Crippen LogP contribution in [0.5, 0.6) is 23.3 Å². The first-order valence-electron chi connectivity index (χ1n) is 9.82. The average molecular weight is 452 g/mol. The fourth-order valence-electron chi connectivity index (χ4n) is 3.87. The molecule has 11 nitrogen and oxygen atoms in total. The van der Waals surface area contributed by atoms with Gasteiger partial charge in [0.05, 0.1) is 24.2 Å². The Morgan fingerprint density at radius 1 is 1.06 bits per heavy atom. The summed E-state index contributed by atoms with van der Waals surface area (Å²) in [5.41, 5.74) is -3.26. The first-order chi connectivity index (χ1) is 15.8. The van der Waals surface area contributed by atoms with Crippen molar-refractivity contribution < 1.29 is 14.6 Å². The number of methoxy groups -OCH3 is 1. The van der Waals surface area contributed by atoms with Crippen molar-refractivity contribution in [1.29, 1.82) is 0 Å². The predicted octanol–water partition coefficient (Wildman–Crippen LogP) is 0.759. The van der Waals surface area contributed by atoms with Crippen molar-refractivity contribution in [2.45, 2.75) is 19.0 Å². The summed E-state index contributed by atoms with van der Waals surface area (Å²) in [7, 11) is 1.44. The summed E-state index contributed by atoms with van der Waals surface area (Å²) in [5, 5.41) is 11.0. The lowest BCUT2D eigenvalue weighted by molar-refractivity contribution is 0.388. The number of benzene rings is 1. The summed E-state index contributed by atoms with van der Waals surface area (Å²) in [5.74, 6) is -1.38. The third-order valence-electron chi connectivity index (χ3n) is 5.33. The molecule has 1 atom stereocenters. The molecule has 33 heavy (non-hydrogen) atoms. The number of hydrogen-bond acceptors (Lipinski definition) is 7. The van der Waals surface area contributed by atoms with E-state index >= 15 is 0 Å². The Balaban J connectivity index is 2.16. The van der Waals surface area contributed by atoms with E-state index in [1.54, 1.807) is 18.2 Å². The second kappa shape index (κ2) is 8.19. The van der Waals surface area contributed by atoms with Crippen LogP contribution in [0.4, 0.5) is 0 Å². The van der Waals surface area contributed by atoms with Crippen LogP contribution in [0, 0.1) is 0 Å². The molecule has 2 aromatic heterocycles. The second-order valence-corrected chi connectivity index (χ2v) is 7.21. The molecule has 0 bridgehead atoms. The number of rotatable bonds is 6. The van der Waals surface area contributed by atoms with Crippen LogP contribution in [0.3, 0.4) is 0 Å². The van der Waals surface area contributed by atoms with Gasteiger partial charge in [-0.1, -0.05) is 12.2 Å². The average Bonchev–Trinajstić information content (AvgIpc) is 2.78. The van der Waals surface area contributed by atoms with E-state index < -0.39 is 34.3 Å². The highest BCUT2D eigenvalue weighted by Gasteiger charge is 2.38. The summed E-state index contributed by atoms with van der Waals surface area (Å²) < 4.78 is 12.9. The number of aromatic nitrogens is 4. The lowest BCUT2D eigenvalue weighted by Crippen LogP contribution is -2.41. The van der Waals surface area contributed by atoms with Crippen molar-refractivity contribution in [2.24, 2.45) is 0 Å². The number of ether oxygens (including phenoxy) is 2. The Kier molecular flexibility index (Phi) is 5.38. The third kappa shape index (κ3) is 3.39. The smallest absolute Gasteiger partial charge is 0.331 e. The van der Waals surface area contributed by atoms with Crippen LogP contribution < -0.4 is 32.0 Å². The largest absolute Gasteiger partial charge is 0.497 e. The fourth-order valence-corrected chi connectivity index (χ4v) is 3.87. The number of allylic oxidation sites excluding steroid dienone is 2. The van der Waals surface area contributed by atoms with E-state index in [4.69, 9.17) is 9.47 Å². The summed E-state index contributed by atoms with van der Waals surface area (Å²) in [6.45, 7) is 6.91. The van der Waals surface area contributed by atoms with E-state index in [2.05, 4.69) is 23.1 Å². The Hall–Kier alpha value is -4.54. The van der Waals surface area contributed by atoms with Gasteiger partial charge in [-0.3, -0.25) is 28.7 Å². The van der Waals surface area contributed by atoms with Crippen molar-refractivity contribution in [3.05, 3.63) is 102 Å². The van der Waals surface area contributed by atoms with Crippen LogP contribution in [-0.2, 0) is 13.1 Å². The number of hydrogen-bond donors (Lipinski definition) is 3. The van der Waals surface area contributed by atoms with Gasteiger partial charge in [-0.15, -0.1) is 13.2 Å². The predicted molar refractivity (Wildman–Crippen MR) is 119 cm³/mol. The SMILES string of the molecule is C=CCn1c(O)c([C@@H]2c3cc(OC)ccc3Oc3[nH]c(=O)n(CC=C)c(=O)c32)c(=O)[nH]c1=O. The maximum absolute atomic E-state index is 13.4. The van der Waals surface area contributed by atoms with Crippen molar-refractivity contribution in [1.82, 2.24) is 19.1 Å². The van der Waals surface area contributed by atoms with Gasteiger partial charge in [0, 0.05) is 18.7 Å². The number of fused-ring (bicyclic) bond motifs is 2. The highest BCUT2D eigenvalue weighted by molar-refractivity contribution is 5.58. The van der Waals surface area contributed by atoms with Crippen LogP contribution in [0.25, 0.3) is 0 Å². The molecule has 11 heteroatoms. The van der Waals surface area contributed by atoms with Gasteiger partial charge in [0.1, 0.15) is 11.5 Å². The molecule has 1 aliphatic rings. The van der Waals surface area contributed by atoms with Crippen LogP contribution >= 0.6 is 0 Å². The molecule has 0 amide bonds. The zero-order valence-electron chi connectivity index (χ0n) is 17.6. The van der Waals surface area contributed by atoms with Crippen molar-refractivity contribution in [3.8, 4) is 23.3 Å². The molecule has 0 aliphatic carbocycles. The number of aromatic amines is 2. The van der Waals surface area contributed by atoms with Gasteiger partial charge in [-0.2, -0.15) is 0 Å². The Morgan fingerprint density at radius 3 is 2.39 bits per heavy atom. The zero-order chi connectivity index (χ0) is 23.9. The molecule has 170 valence electrons. The lowest BCUT2D eigenvalue weighted by atomic mass is 9.84. The molecule has 0 saturated carbocycles. The highest BCUT2D eigenvalue weighted by atomic mass is 16.5. The molecule has 1 aromatic carbocycles. The van der Waals surface area contributed by atoms with Crippen molar-refractivity contribution in [3.63, 3.8) is 0 Å². The molecular formula is C22H20N4O7. The maximum Gasteiger partial charge on any atom is 0.331 e. The minimum absolute atomic E-state index is 0.0954. The zero-order valence-corrected chi connectivity index (χ0v) is 17.6. The molecule has 0 radical (unpaired) electrons. The molecule has 0 unspecified atom stereocenters. The van der Waals surface area contributed by atoms with E-state index in [0.29, 0.717) is 11.3 Å². The minimum Gasteiger partial charge on any atom is -0.497 e. The maximum atomic E-state index is 13.4. The molecule has 0 fully saturated rings. The third-order valence-corrected chi connectivity index (χ3v) is 5.33. The number of nitrogens with one attached hydrogen (secondary N) is 2. The van der Waals surface area contributed by atoms with Crippen LogP contribution in [-0.4, -0.2) is 31.3 Å². The number of aromatic hydroxyl groups is 1. The van der Waals surface area contributed by atoms with Gasteiger partial charge in [0.25, 0.3) is 11.1 Å². The molecule has 4 rings (SSSR count). The minimum atomic E-state index is -1.19. The fraction of sp³-hybridized carbons (Fsp3) is 0.182. The van der Waals surface area contributed by atoms with Crippen LogP contribution in [0.15, 0.2) is 62.7 Å². The summed E-state index contributed by atoms with van der Waals surface area (Å²) >= 11 is 0. The van der Waals surface area contributed by atoms with Gasteiger partial charge in [-0.05, 0) is 18.2 Å². The van der Waals surface area contributed by atoms with Crippen molar-refractivity contribution in [2.75, 3.05) is 7.11 Å². The monoisotopic (exact) mass is 452 g/mol. The molecule has 3 heterocycles. The van der Waals surface area contributed by atoms with Gasteiger partial charge >= 0.3 is 11.4 Å². The first-order valence-corrected chi connectivity index (χ1v) is 9.82. The molecule has 3 N–H and O–H groups in total. The highest BCUT2D eigenvalue weighted by Crippen LogP contribution is 2.46. The Bertz CT molecular complexity index is 1520. The van der Waals surface area contributed by atoms with Gasteiger partial charge in [0.2, 0.25) is 11.8 Å². The normalized spacial score (nSPS) is 14.0. The van der Waals surface area contributed by atoms with E-state index in [-0.39, 0.29) is 35.8 Å². The topological polar surface area (TPSA) is 148 Å². The van der Waals surface area contributed by atoms with Gasteiger partial charge < -0.3 is 14.6 Å². The van der Waals surface area contributed by atoms with E-state index in [1.807, 2.05) is 0 Å². The Morgan fingerprint density at radius 2 is 1.73 bits per heavy atom. The van der Waals surface area contributed by atoms with E-state index in [9.17, 15) is 24.3 Å². The van der Waals surface area contributed by atoms with Gasteiger partial charge in [-0.25, -0.2) is 9.59 Å². The first kappa shape index (κ1) is 21.7. The summed E-state index contributed by atoms with van der Waals surface area (Å²) in [6.07, 6.45) is 2.74. The molecule has 0 spiro atoms. The summed E-state index contributed by atoms with van der Waals surface area (Å²) in [4.78, 5) is 55.7. The quantitative estimate of drug-likeness (QED) is 0.366. The molecule has 1 aliphatic heterocycles. The van der Waals surface area contributed by atoms with Crippen molar-refractivity contribution >= 4 is 0 Å². The van der Waals surface area contributed by atoms with Gasteiger partial charge in [0.15, 0.2) is 0 Å². The Labute approximate surface area is 185 Å². The summed E-state index contributed by atoms with van der Waals surface area (Å²) in [6, 6.07) is 4.69. The molecular weight excluding hydrogens is 432 g/mol. The number of nitrogens with zero attached hydrogens (tertiary/aromatic N) is 2. The van der Waals surface area contributed by atoms with E-state index in [0.717, 1.165) is 9.13 Å².